The normalized spacial score (nSPS) is 19.8. The van der Waals surface area contributed by atoms with Gasteiger partial charge in [-0.1, -0.05) is 12.1 Å². The van der Waals surface area contributed by atoms with Crippen molar-refractivity contribution >= 4 is 11.9 Å². The predicted molar refractivity (Wildman–Crippen MR) is 86.6 cm³/mol. The standard InChI is InChI=1S/C17H20F3NO6/c1-25-10-16(15(23)24)6-7-21(9-16)14(22)8-26-12-4-2-3-5-13(12)27-11-17(18,19)20/h2-5H,6-11H2,1H3,(H,23,24). The zero-order chi connectivity index (χ0) is 20.1. The maximum Gasteiger partial charge on any atom is 0.422 e. The second-order valence-electron chi connectivity index (χ2n) is 6.22. The number of methoxy groups -OCH3 is 1. The van der Waals surface area contributed by atoms with Gasteiger partial charge in [0.05, 0.1) is 6.61 Å². The van der Waals surface area contributed by atoms with E-state index in [1.54, 1.807) is 0 Å². The molecule has 0 aromatic heterocycles. The van der Waals surface area contributed by atoms with E-state index >= 15 is 0 Å². The van der Waals surface area contributed by atoms with Crippen molar-refractivity contribution in [3.63, 3.8) is 0 Å². The number of halogens is 3. The van der Waals surface area contributed by atoms with E-state index < -0.39 is 36.7 Å². The summed E-state index contributed by atoms with van der Waals surface area (Å²) in [7, 11) is 1.39. The van der Waals surface area contributed by atoms with Crippen LogP contribution in [-0.2, 0) is 14.3 Å². The quantitative estimate of drug-likeness (QED) is 0.729. The van der Waals surface area contributed by atoms with Crippen molar-refractivity contribution in [1.82, 2.24) is 4.90 Å². The lowest BCUT2D eigenvalue weighted by Gasteiger charge is -2.24. The number of nitrogens with zero attached hydrogens (tertiary/aromatic N) is 1. The number of alkyl halides is 3. The van der Waals surface area contributed by atoms with E-state index in [2.05, 4.69) is 4.74 Å². The number of ether oxygens (including phenoxy) is 3. The highest BCUT2D eigenvalue weighted by molar-refractivity contribution is 5.81. The number of carbonyl (C=O) groups is 2. The fourth-order valence-electron chi connectivity index (χ4n) is 2.79. The summed E-state index contributed by atoms with van der Waals surface area (Å²) in [4.78, 5) is 25.1. The first-order valence-electron chi connectivity index (χ1n) is 8.08. The van der Waals surface area contributed by atoms with Crippen molar-refractivity contribution in [3.05, 3.63) is 24.3 Å². The van der Waals surface area contributed by atoms with Crippen LogP contribution in [0.2, 0.25) is 0 Å². The van der Waals surface area contributed by atoms with Gasteiger partial charge in [0.15, 0.2) is 24.7 Å². The van der Waals surface area contributed by atoms with Gasteiger partial charge in [0.25, 0.3) is 5.91 Å². The lowest BCUT2D eigenvalue weighted by atomic mass is 9.88. The summed E-state index contributed by atoms with van der Waals surface area (Å²) in [5.74, 6) is -1.66. The fraction of sp³-hybridized carbons (Fsp3) is 0.529. The number of amides is 1. The van der Waals surface area contributed by atoms with Gasteiger partial charge in [-0.05, 0) is 18.6 Å². The average molecular weight is 391 g/mol. The van der Waals surface area contributed by atoms with Crippen LogP contribution in [0, 0.1) is 5.41 Å². The highest BCUT2D eigenvalue weighted by atomic mass is 19.4. The van der Waals surface area contributed by atoms with Crippen LogP contribution in [-0.4, -0.2) is 68.1 Å². The molecule has 0 saturated carbocycles. The van der Waals surface area contributed by atoms with E-state index in [-0.39, 0.29) is 37.6 Å². The molecule has 150 valence electrons. The van der Waals surface area contributed by atoms with Crippen LogP contribution in [0.3, 0.4) is 0 Å². The first-order chi connectivity index (χ1) is 12.7. The number of carboxylic acid groups (broad SMARTS) is 1. The van der Waals surface area contributed by atoms with Gasteiger partial charge in [0.2, 0.25) is 0 Å². The molecule has 10 heteroatoms. The Kier molecular flexibility index (Phi) is 6.53. The maximum absolute atomic E-state index is 12.3. The molecule has 2 rings (SSSR count). The molecule has 1 atom stereocenters. The Morgan fingerprint density at radius 1 is 1.22 bits per heavy atom. The molecule has 0 spiro atoms. The minimum absolute atomic E-state index is 0.00399. The third-order valence-electron chi connectivity index (χ3n) is 4.17. The minimum atomic E-state index is -4.50. The molecule has 1 unspecified atom stereocenters. The van der Waals surface area contributed by atoms with Gasteiger partial charge in [-0.3, -0.25) is 9.59 Å². The molecule has 0 aliphatic carbocycles. The second kappa shape index (κ2) is 8.47. The molecule has 1 aromatic carbocycles. The molecule has 1 heterocycles. The molecule has 1 aromatic rings. The van der Waals surface area contributed by atoms with Crippen LogP contribution in [0.5, 0.6) is 11.5 Å². The number of carboxylic acids is 1. The van der Waals surface area contributed by atoms with E-state index in [9.17, 15) is 27.9 Å². The Bertz CT molecular complexity index is 681. The average Bonchev–Trinajstić information content (AvgIpc) is 3.04. The summed E-state index contributed by atoms with van der Waals surface area (Å²) < 4.78 is 51.9. The zero-order valence-corrected chi connectivity index (χ0v) is 14.6. The second-order valence-corrected chi connectivity index (χ2v) is 6.22. The van der Waals surface area contributed by atoms with Gasteiger partial charge in [0.1, 0.15) is 5.41 Å². The lowest BCUT2D eigenvalue weighted by Crippen LogP contribution is -2.41. The Hall–Kier alpha value is -2.49. The number of hydrogen-bond acceptors (Lipinski definition) is 5. The Labute approximate surface area is 153 Å². The number of hydrogen-bond donors (Lipinski definition) is 1. The van der Waals surface area contributed by atoms with Gasteiger partial charge in [-0.25, -0.2) is 0 Å². The third kappa shape index (κ3) is 5.49. The van der Waals surface area contributed by atoms with Crippen molar-refractivity contribution in [2.45, 2.75) is 12.6 Å². The molecule has 1 N–H and O–H groups in total. The molecule has 0 bridgehead atoms. The Morgan fingerprint density at radius 2 is 1.85 bits per heavy atom. The fourth-order valence-corrected chi connectivity index (χ4v) is 2.79. The van der Waals surface area contributed by atoms with Crippen molar-refractivity contribution in [2.24, 2.45) is 5.41 Å². The number of benzene rings is 1. The monoisotopic (exact) mass is 391 g/mol. The molecule has 27 heavy (non-hydrogen) atoms. The van der Waals surface area contributed by atoms with Crippen LogP contribution < -0.4 is 9.47 Å². The van der Waals surface area contributed by atoms with Crippen molar-refractivity contribution < 1.29 is 42.1 Å². The highest BCUT2D eigenvalue weighted by Gasteiger charge is 2.46. The number of rotatable bonds is 8. The van der Waals surface area contributed by atoms with Gasteiger partial charge < -0.3 is 24.2 Å². The SMILES string of the molecule is COCC1(C(=O)O)CCN(C(=O)COc2ccccc2OCC(F)(F)F)C1. The molecule has 7 nitrogen and oxygen atoms in total. The highest BCUT2D eigenvalue weighted by Crippen LogP contribution is 2.32. The summed E-state index contributed by atoms with van der Waals surface area (Å²) in [6.07, 6.45) is -4.26. The van der Waals surface area contributed by atoms with Crippen molar-refractivity contribution in [1.29, 1.82) is 0 Å². The lowest BCUT2D eigenvalue weighted by molar-refractivity contribution is -0.154. The molecular formula is C17H20F3NO6. The number of para-hydroxylation sites is 2. The van der Waals surface area contributed by atoms with Crippen LogP contribution in [0.15, 0.2) is 24.3 Å². The molecule has 1 aliphatic heterocycles. The van der Waals surface area contributed by atoms with Crippen molar-refractivity contribution in [2.75, 3.05) is 40.0 Å². The van der Waals surface area contributed by atoms with Crippen LogP contribution >= 0.6 is 0 Å². The smallest absolute Gasteiger partial charge is 0.422 e. The maximum atomic E-state index is 12.3. The molecular weight excluding hydrogens is 371 g/mol. The number of aliphatic carboxylic acids is 1. The molecule has 1 aliphatic rings. The Balaban J connectivity index is 1.96. The third-order valence-corrected chi connectivity index (χ3v) is 4.17. The molecule has 0 radical (unpaired) electrons. The van der Waals surface area contributed by atoms with Gasteiger partial charge in [0, 0.05) is 20.2 Å². The minimum Gasteiger partial charge on any atom is -0.481 e. The zero-order valence-electron chi connectivity index (χ0n) is 14.6. The van der Waals surface area contributed by atoms with E-state index in [4.69, 9.17) is 9.47 Å². The number of carbonyl (C=O) groups excluding carboxylic acids is 1. The predicted octanol–water partition coefficient (Wildman–Crippen LogP) is 1.96. The summed E-state index contributed by atoms with van der Waals surface area (Å²) in [6, 6.07) is 5.70. The molecule has 1 amide bonds. The Morgan fingerprint density at radius 3 is 2.41 bits per heavy atom. The van der Waals surface area contributed by atoms with Crippen LogP contribution in [0.25, 0.3) is 0 Å². The van der Waals surface area contributed by atoms with E-state index in [0.29, 0.717) is 0 Å². The van der Waals surface area contributed by atoms with Gasteiger partial charge in [-0.2, -0.15) is 13.2 Å². The largest absolute Gasteiger partial charge is 0.481 e. The van der Waals surface area contributed by atoms with Crippen LogP contribution in [0.1, 0.15) is 6.42 Å². The first-order valence-corrected chi connectivity index (χ1v) is 8.08. The summed E-state index contributed by atoms with van der Waals surface area (Å²) >= 11 is 0. The molecule has 1 fully saturated rings. The van der Waals surface area contributed by atoms with E-state index in [0.717, 1.165) is 0 Å². The summed E-state index contributed by atoms with van der Waals surface area (Å²) in [5, 5.41) is 9.41. The van der Waals surface area contributed by atoms with Gasteiger partial charge >= 0.3 is 12.1 Å². The van der Waals surface area contributed by atoms with E-state index in [1.165, 1.54) is 36.3 Å². The van der Waals surface area contributed by atoms with E-state index in [1.807, 2.05) is 0 Å². The first kappa shape index (κ1) is 20.8. The van der Waals surface area contributed by atoms with Crippen LogP contribution in [0.4, 0.5) is 13.2 Å². The summed E-state index contributed by atoms with van der Waals surface area (Å²) in [6.45, 7) is -1.75. The van der Waals surface area contributed by atoms with Gasteiger partial charge in [-0.15, -0.1) is 0 Å². The topological polar surface area (TPSA) is 85.3 Å². The van der Waals surface area contributed by atoms with Crippen molar-refractivity contribution in [3.8, 4) is 11.5 Å². The molecule has 1 saturated heterocycles. The summed E-state index contributed by atoms with van der Waals surface area (Å²) in [5.41, 5.74) is -1.17. The number of likely N-dealkylation sites (tertiary alicyclic amines) is 1.